The molecule has 0 spiro atoms. The molecular formula is C16H22N4O. The van der Waals surface area contributed by atoms with E-state index in [9.17, 15) is 0 Å². The Morgan fingerprint density at radius 1 is 1.14 bits per heavy atom. The van der Waals surface area contributed by atoms with Crippen LogP contribution in [0.1, 0.15) is 32.8 Å². The lowest BCUT2D eigenvalue weighted by Gasteiger charge is -2.13. The molecule has 1 N–H and O–H groups in total. The highest BCUT2D eigenvalue weighted by molar-refractivity contribution is 5.68. The summed E-state index contributed by atoms with van der Waals surface area (Å²) >= 11 is 0. The van der Waals surface area contributed by atoms with Gasteiger partial charge in [-0.15, -0.1) is 0 Å². The van der Waals surface area contributed by atoms with E-state index in [1.54, 1.807) is 12.5 Å². The molecule has 0 aliphatic rings. The number of ether oxygens (including phenoxy) is 1. The first-order chi connectivity index (χ1) is 10.3. The number of anilines is 1. The molecule has 0 radical (unpaired) electrons. The Labute approximate surface area is 125 Å². The van der Waals surface area contributed by atoms with Crippen molar-refractivity contribution in [3.63, 3.8) is 0 Å². The SMILES string of the molecule is CCCOc1cncc(-c2ncnc(NCC)c2CC)c1. The second kappa shape index (κ2) is 7.57. The van der Waals surface area contributed by atoms with Gasteiger partial charge < -0.3 is 10.1 Å². The highest BCUT2D eigenvalue weighted by atomic mass is 16.5. The van der Waals surface area contributed by atoms with Gasteiger partial charge in [-0.2, -0.15) is 0 Å². The van der Waals surface area contributed by atoms with Gasteiger partial charge in [0.2, 0.25) is 0 Å². The monoisotopic (exact) mass is 286 g/mol. The van der Waals surface area contributed by atoms with Crippen molar-refractivity contribution < 1.29 is 4.74 Å². The van der Waals surface area contributed by atoms with Crippen LogP contribution >= 0.6 is 0 Å². The zero-order valence-corrected chi connectivity index (χ0v) is 12.9. The third-order valence-corrected chi connectivity index (χ3v) is 3.10. The van der Waals surface area contributed by atoms with Gasteiger partial charge in [0.25, 0.3) is 0 Å². The molecule has 0 fully saturated rings. The van der Waals surface area contributed by atoms with Crippen molar-refractivity contribution in [3.8, 4) is 17.0 Å². The number of pyridine rings is 1. The maximum atomic E-state index is 5.65. The minimum atomic E-state index is 0.693. The molecule has 5 nitrogen and oxygen atoms in total. The molecule has 0 saturated carbocycles. The fraction of sp³-hybridized carbons (Fsp3) is 0.438. The number of nitrogens with zero attached hydrogens (tertiary/aromatic N) is 3. The smallest absolute Gasteiger partial charge is 0.138 e. The van der Waals surface area contributed by atoms with Crippen LogP contribution in [0, 0.1) is 0 Å². The van der Waals surface area contributed by atoms with Crippen molar-refractivity contribution >= 4 is 5.82 Å². The van der Waals surface area contributed by atoms with E-state index in [1.807, 2.05) is 12.3 Å². The molecular weight excluding hydrogens is 264 g/mol. The van der Waals surface area contributed by atoms with E-state index in [1.165, 1.54) is 0 Å². The summed E-state index contributed by atoms with van der Waals surface area (Å²) in [5.41, 5.74) is 2.98. The lowest BCUT2D eigenvalue weighted by Crippen LogP contribution is -2.06. The van der Waals surface area contributed by atoms with Gasteiger partial charge in [0.05, 0.1) is 18.5 Å². The van der Waals surface area contributed by atoms with Gasteiger partial charge in [-0.1, -0.05) is 13.8 Å². The van der Waals surface area contributed by atoms with Crippen molar-refractivity contribution in [2.45, 2.75) is 33.6 Å². The average molecular weight is 286 g/mol. The Hall–Kier alpha value is -2.17. The number of hydrogen-bond acceptors (Lipinski definition) is 5. The van der Waals surface area contributed by atoms with Crippen molar-refractivity contribution in [3.05, 3.63) is 30.4 Å². The summed E-state index contributed by atoms with van der Waals surface area (Å²) in [5, 5.41) is 3.28. The van der Waals surface area contributed by atoms with Gasteiger partial charge in [0, 0.05) is 23.9 Å². The fourth-order valence-corrected chi connectivity index (χ4v) is 2.16. The topological polar surface area (TPSA) is 59.9 Å². The molecule has 0 aliphatic heterocycles. The van der Waals surface area contributed by atoms with Crippen LogP contribution in [-0.2, 0) is 6.42 Å². The van der Waals surface area contributed by atoms with Crippen molar-refractivity contribution in [1.82, 2.24) is 15.0 Å². The summed E-state index contributed by atoms with van der Waals surface area (Å²) in [4.78, 5) is 13.0. The highest BCUT2D eigenvalue weighted by Gasteiger charge is 2.12. The third-order valence-electron chi connectivity index (χ3n) is 3.10. The molecule has 2 heterocycles. The quantitative estimate of drug-likeness (QED) is 0.846. The molecule has 2 rings (SSSR count). The minimum Gasteiger partial charge on any atom is -0.492 e. The first-order valence-corrected chi connectivity index (χ1v) is 7.46. The molecule has 0 bridgehead atoms. The van der Waals surface area contributed by atoms with Crippen LogP contribution in [0.15, 0.2) is 24.8 Å². The van der Waals surface area contributed by atoms with E-state index >= 15 is 0 Å². The average Bonchev–Trinajstić information content (AvgIpc) is 2.53. The zero-order valence-electron chi connectivity index (χ0n) is 12.9. The van der Waals surface area contributed by atoms with E-state index in [-0.39, 0.29) is 0 Å². The maximum absolute atomic E-state index is 5.65. The minimum absolute atomic E-state index is 0.693. The fourth-order valence-electron chi connectivity index (χ4n) is 2.16. The number of nitrogens with one attached hydrogen (secondary N) is 1. The van der Waals surface area contributed by atoms with E-state index in [2.05, 4.69) is 41.0 Å². The normalized spacial score (nSPS) is 10.4. The van der Waals surface area contributed by atoms with Gasteiger partial charge in [-0.05, 0) is 25.8 Å². The molecule has 0 aliphatic carbocycles. The molecule has 2 aromatic heterocycles. The van der Waals surface area contributed by atoms with Crippen LogP contribution in [0.25, 0.3) is 11.3 Å². The molecule has 0 atom stereocenters. The Balaban J connectivity index is 2.39. The lowest BCUT2D eigenvalue weighted by atomic mass is 10.1. The van der Waals surface area contributed by atoms with E-state index in [4.69, 9.17) is 4.74 Å². The lowest BCUT2D eigenvalue weighted by molar-refractivity contribution is 0.316. The van der Waals surface area contributed by atoms with Crippen molar-refractivity contribution in [1.29, 1.82) is 0 Å². The van der Waals surface area contributed by atoms with Gasteiger partial charge in [-0.3, -0.25) is 4.98 Å². The van der Waals surface area contributed by atoms with Gasteiger partial charge in [0.15, 0.2) is 0 Å². The molecule has 112 valence electrons. The summed E-state index contributed by atoms with van der Waals surface area (Å²) in [6.07, 6.45) is 6.97. The molecule has 0 aromatic carbocycles. The number of aromatic nitrogens is 3. The van der Waals surface area contributed by atoms with Gasteiger partial charge >= 0.3 is 0 Å². The highest BCUT2D eigenvalue weighted by Crippen LogP contribution is 2.27. The predicted molar refractivity (Wildman–Crippen MR) is 84.6 cm³/mol. The third kappa shape index (κ3) is 3.68. The molecule has 0 unspecified atom stereocenters. The van der Waals surface area contributed by atoms with Gasteiger partial charge in [0.1, 0.15) is 17.9 Å². The largest absolute Gasteiger partial charge is 0.492 e. The van der Waals surface area contributed by atoms with E-state index in [0.29, 0.717) is 6.61 Å². The van der Waals surface area contributed by atoms with Crippen LogP contribution in [0.5, 0.6) is 5.75 Å². The second-order valence-electron chi connectivity index (χ2n) is 4.69. The van der Waals surface area contributed by atoms with Crippen LogP contribution in [0.2, 0.25) is 0 Å². The van der Waals surface area contributed by atoms with Crippen LogP contribution in [0.3, 0.4) is 0 Å². The van der Waals surface area contributed by atoms with Crippen LogP contribution in [-0.4, -0.2) is 28.1 Å². The number of rotatable bonds is 7. The molecule has 0 amide bonds. The Kier molecular flexibility index (Phi) is 5.49. The van der Waals surface area contributed by atoms with Crippen molar-refractivity contribution in [2.24, 2.45) is 0 Å². The van der Waals surface area contributed by atoms with Crippen LogP contribution < -0.4 is 10.1 Å². The second-order valence-corrected chi connectivity index (χ2v) is 4.69. The first-order valence-electron chi connectivity index (χ1n) is 7.46. The van der Waals surface area contributed by atoms with Crippen LogP contribution in [0.4, 0.5) is 5.82 Å². The Morgan fingerprint density at radius 3 is 2.71 bits per heavy atom. The standard InChI is InChI=1S/C16H22N4O/c1-4-7-21-13-8-12(9-17-10-13)15-14(5-2)16(18-6-3)20-11-19-15/h8-11H,4-7H2,1-3H3,(H,18,19,20). The van der Waals surface area contributed by atoms with E-state index in [0.717, 1.165) is 47.8 Å². The number of hydrogen-bond donors (Lipinski definition) is 1. The summed E-state index contributed by atoms with van der Waals surface area (Å²) < 4.78 is 5.65. The Bertz CT molecular complexity index is 586. The molecule has 21 heavy (non-hydrogen) atoms. The molecule has 2 aromatic rings. The zero-order chi connectivity index (χ0) is 15.1. The summed E-state index contributed by atoms with van der Waals surface area (Å²) in [5.74, 6) is 1.67. The molecule has 0 saturated heterocycles. The van der Waals surface area contributed by atoms with Crippen molar-refractivity contribution in [2.75, 3.05) is 18.5 Å². The summed E-state index contributed by atoms with van der Waals surface area (Å²) in [6.45, 7) is 7.77. The first kappa shape index (κ1) is 15.2. The summed E-state index contributed by atoms with van der Waals surface area (Å²) in [6, 6.07) is 1.99. The predicted octanol–water partition coefficient (Wildman–Crippen LogP) is 3.32. The Morgan fingerprint density at radius 2 is 2.00 bits per heavy atom. The summed E-state index contributed by atoms with van der Waals surface area (Å²) in [7, 11) is 0. The van der Waals surface area contributed by atoms with E-state index < -0.39 is 0 Å². The maximum Gasteiger partial charge on any atom is 0.138 e. The molecule has 5 heteroatoms. The van der Waals surface area contributed by atoms with Gasteiger partial charge in [-0.25, -0.2) is 9.97 Å².